The van der Waals surface area contributed by atoms with Crippen LogP contribution in [0.5, 0.6) is 0 Å². The summed E-state index contributed by atoms with van der Waals surface area (Å²) in [5.41, 5.74) is 1.17. The van der Waals surface area contributed by atoms with E-state index in [4.69, 9.17) is 0 Å². The summed E-state index contributed by atoms with van der Waals surface area (Å²) >= 11 is 0. The molecule has 0 aliphatic rings. The highest BCUT2D eigenvalue weighted by Crippen LogP contribution is 2.06. The van der Waals surface area contributed by atoms with E-state index in [9.17, 15) is 0 Å². The zero-order valence-electron chi connectivity index (χ0n) is 10.9. The maximum absolute atomic E-state index is 4.35. The Morgan fingerprint density at radius 1 is 1.19 bits per heavy atom. The van der Waals surface area contributed by atoms with Gasteiger partial charge >= 0.3 is 0 Å². The second-order valence-electron chi connectivity index (χ2n) is 4.41. The fourth-order valence-electron chi connectivity index (χ4n) is 1.56. The fraction of sp³-hybridized carbons (Fsp3) is 0.500. The van der Waals surface area contributed by atoms with Gasteiger partial charge in [0, 0.05) is 23.1 Å². The van der Waals surface area contributed by atoms with Crippen LogP contribution in [-0.2, 0) is 0 Å². The number of hydrogen-bond acceptors (Lipinski definition) is 2. The third-order valence-electron chi connectivity index (χ3n) is 2.97. The van der Waals surface area contributed by atoms with Crippen LogP contribution in [0.2, 0.25) is 0 Å². The van der Waals surface area contributed by atoms with Crippen LogP contribution in [0.25, 0.3) is 12.2 Å². The number of rotatable bonds is 3. The molecule has 1 rings (SSSR count). The molecule has 0 aromatic carbocycles. The summed E-state index contributed by atoms with van der Waals surface area (Å²) in [6.45, 7) is 10.7. The van der Waals surface area contributed by atoms with Crippen molar-refractivity contribution < 1.29 is 0 Å². The van der Waals surface area contributed by atoms with Gasteiger partial charge in [0.1, 0.15) is 0 Å². The molecule has 88 valence electrons. The average Bonchev–Trinajstić information content (AvgIpc) is 2.28. The maximum atomic E-state index is 4.35. The van der Waals surface area contributed by atoms with E-state index in [1.807, 2.05) is 25.3 Å². The van der Waals surface area contributed by atoms with Crippen LogP contribution in [0.3, 0.4) is 0 Å². The maximum Gasteiger partial charge on any atom is 0.0676 e. The largest absolute Gasteiger partial charge is 0.382 e. The number of anilines is 1. The van der Waals surface area contributed by atoms with Gasteiger partial charge in [-0.2, -0.15) is 0 Å². The molecule has 1 aromatic heterocycles. The molecule has 1 heterocycles. The molecule has 0 saturated heterocycles. The average molecular weight is 218 g/mol. The minimum absolute atomic E-state index is 0.464. The van der Waals surface area contributed by atoms with Crippen molar-refractivity contribution in [1.82, 2.24) is 4.98 Å². The van der Waals surface area contributed by atoms with Gasteiger partial charge in [-0.25, -0.2) is 0 Å². The molecule has 0 aliphatic carbocycles. The summed E-state index contributed by atoms with van der Waals surface area (Å²) in [7, 11) is 0. The normalized spacial score (nSPS) is 15.6. The molecule has 1 unspecified atom stereocenters. The first-order valence-corrected chi connectivity index (χ1v) is 5.94. The molecule has 1 atom stereocenters. The van der Waals surface area contributed by atoms with E-state index in [1.165, 1.54) is 10.9 Å². The van der Waals surface area contributed by atoms with E-state index in [1.54, 1.807) is 0 Å². The molecule has 0 bridgehead atoms. The van der Waals surface area contributed by atoms with Crippen molar-refractivity contribution in [2.75, 3.05) is 5.32 Å². The Hall–Kier alpha value is -1.31. The zero-order chi connectivity index (χ0) is 12.1. The Bertz CT molecular complexity index is 446. The molecule has 0 saturated carbocycles. The first kappa shape index (κ1) is 12.8. The molecule has 0 radical (unpaired) electrons. The minimum atomic E-state index is 0.464. The summed E-state index contributed by atoms with van der Waals surface area (Å²) in [4.78, 5) is 4.35. The van der Waals surface area contributed by atoms with Crippen molar-refractivity contribution in [2.24, 2.45) is 5.92 Å². The van der Waals surface area contributed by atoms with Gasteiger partial charge in [0.25, 0.3) is 0 Å². The van der Waals surface area contributed by atoms with E-state index >= 15 is 0 Å². The van der Waals surface area contributed by atoms with Crippen molar-refractivity contribution in [1.29, 1.82) is 0 Å². The van der Waals surface area contributed by atoms with Crippen molar-refractivity contribution in [3.8, 4) is 0 Å². The van der Waals surface area contributed by atoms with Crippen LogP contribution in [0, 0.1) is 5.92 Å². The molecule has 0 fully saturated rings. The van der Waals surface area contributed by atoms with Crippen molar-refractivity contribution in [2.45, 2.75) is 40.7 Å². The number of nitrogens with one attached hydrogen (secondary N) is 1. The predicted molar refractivity (Wildman–Crippen MR) is 71.7 cm³/mol. The third-order valence-corrected chi connectivity index (χ3v) is 2.97. The van der Waals surface area contributed by atoms with Crippen molar-refractivity contribution >= 4 is 17.8 Å². The minimum Gasteiger partial charge on any atom is -0.382 e. The summed E-state index contributed by atoms with van der Waals surface area (Å²) in [6.07, 6.45) is 6.01. The van der Waals surface area contributed by atoms with Gasteiger partial charge in [0.2, 0.25) is 0 Å². The van der Waals surface area contributed by atoms with Gasteiger partial charge in [0.05, 0.1) is 5.35 Å². The van der Waals surface area contributed by atoms with Crippen LogP contribution >= 0.6 is 0 Å². The van der Waals surface area contributed by atoms with Crippen LogP contribution in [0.15, 0.2) is 12.3 Å². The molecule has 0 amide bonds. The number of nitrogens with zero attached hydrogens (tertiary/aromatic N) is 1. The number of hydrogen-bond donors (Lipinski definition) is 1. The Labute approximate surface area is 98.1 Å². The van der Waals surface area contributed by atoms with Crippen LogP contribution < -0.4 is 15.9 Å². The van der Waals surface area contributed by atoms with E-state index < -0.39 is 0 Å². The highest BCUT2D eigenvalue weighted by molar-refractivity contribution is 5.49. The van der Waals surface area contributed by atoms with Gasteiger partial charge in [-0.05, 0) is 32.8 Å². The molecular formula is C14H22N2. The SMILES string of the molecule is CC=c1nccc(NC(C)C(C)C)c1=CC. The molecule has 16 heavy (non-hydrogen) atoms. The van der Waals surface area contributed by atoms with Crippen LogP contribution in [-0.4, -0.2) is 11.0 Å². The Morgan fingerprint density at radius 3 is 2.38 bits per heavy atom. The predicted octanol–water partition coefficient (Wildman–Crippen LogP) is 2.14. The van der Waals surface area contributed by atoms with Crippen LogP contribution in [0.1, 0.15) is 34.6 Å². The Kier molecular flexibility index (Phi) is 4.53. The molecule has 1 aromatic rings. The van der Waals surface area contributed by atoms with E-state index in [-0.39, 0.29) is 0 Å². The molecule has 0 spiro atoms. The van der Waals surface area contributed by atoms with Gasteiger partial charge in [-0.3, -0.25) is 4.98 Å². The molecule has 2 heteroatoms. The standard InChI is InChI=1S/C14H22N2/c1-6-12-13(7-2)15-9-8-14(12)16-11(5)10(3)4/h6-11,16H,1-5H3. The number of pyridine rings is 1. The second kappa shape index (κ2) is 5.69. The highest BCUT2D eigenvalue weighted by atomic mass is 14.9. The van der Waals surface area contributed by atoms with Crippen molar-refractivity contribution in [3.63, 3.8) is 0 Å². The monoisotopic (exact) mass is 218 g/mol. The zero-order valence-corrected chi connectivity index (χ0v) is 10.9. The van der Waals surface area contributed by atoms with Crippen molar-refractivity contribution in [3.05, 3.63) is 22.8 Å². The Balaban J connectivity index is 3.16. The molecule has 0 aliphatic heterocycles. The summed E-state index contributed by atoms with van der Waals surface area (Å²) in [6, 6.07) is 2.51. The first-order valence-electron chi connectivity index (χ1n) is 5.94. The van der Waals surface area contributed by atoms with Gasteiger partial charge < -0.3 is 5.32 Å². The lowest BCUT2D eigenvalue weighted by Crippen LogP contribution is -2.33. The van der Waals surface area contributed by atoms with Crippen LogP contribution in [0.4, 0.5) is 5.69 Å². The quantitative estimate of drug-likeness (QED) is 0.841. The fourth-order valence-corrected chi connectivity index (χ4v) is 1.56. The lowest BCUT2D eigenvalue weighted by atomic mass is 10.1. The second-order valence-corrected chi connectivity index (χ2v) is 4.41. The summed E-state index contributed by atoms with van der Waals surface area (Å²) in [5.74, 6) is 0.618. The first-order chi connectivity index (χ1) is 7.60. The highest BCUT2D eigenvalue weighted by Gasteiger charge is 2.07. The lowest BCUT2D eigenvalue weighted by Gasteiger charge is -2.19. The molecular weight excluding hydrogens is 196 g/mol. The smallest absolute Gasteiger partial charge is 0.0676 e. The summed E-state index contributed by atoms with van der Waals surface area (Å²) in [5, 5.41) is 5.78. The van der Waals surface area contributed by atoms with E-state index in [0.717, 1.165) is 5.35 Å². The topological polar surface area (TPSA) is 24.9 Å². The lowest BCUT2D eigenvalue weighted by molar-refractivity contribution is 0.559. The summed E-state index contributed by atoms with van der Waals surface area (Å²) < 4.78 is 0. The Morgan fingerprint density at radius 2 is 1.88 bits per heavy atom. The van der Waals surface area contributed by atoms with Gasteiger partial charge in [0.15, 0.2) is 0 Å². The van der Waals surface area contributed by atoms with E-state index in [2.05, 4.69) is 44.1 Å². The third kappa shape index (κ3) is 2.84. The molecule has 2 nitrogen and oxygen atoms in total. The van der Waals surface area contributed by atoms with Gasteiger partial charge in [-0.15, -0.1) is 0 Å². The molecule has 1 N–H and O–H groups in total. The van der Waals surface area contributed by atoms with E-state index in [0.29, 0.717) is 12.0 Å². The number of aromatic nitrogens is 1. The van der Waals surface area contributed by atoms with Gasteiger partial charge in [-0.1, -0.05) is 26.0 Å².